The maximum atomic E-state index is 11.8. The summed E-state index contributed by atoms with van der Waals surface area (Å²) in [6.45, 7) is 2.33. The second-order valence-electron chi connectivity index (χ2n) is 11.8. The van der Waals surface area contributed by atoms with E-state index in [-0.39, 0.29) is 13.0 Å². The number of rotatable bonds is 25. The number of aliphatic hydroxyl groups is 1. The second kappa shape index (κ2) is 20.8. The molecule has 0 fully saturated rings. The van der Waals surface area contributed by atoms with Gasteiger partial charge in [0.25, 0.3) is 0 Å². The van der Waals surface area contributed by atoms with E-state index < -0.39 is 12.9 Å². The van der Waals surface area contributed by atoms with Crippen molar-refractivity contribution in [2.24, 2.45) is 0 Å². The van der Waals surface area contributed by atoms with Crippen molar-refractivity contribution >= 4 is 7.60 Å². The number of quaternary nitrogens is 1. The first-order valence-corrected chi connectivity index (χ1v) is 16.4. The minimum atomic E-state index is -4.55. The van der Waals surface area contributed by atoms with E-state index in [1.807, 2.05) is 21.1 Å². The molecule has 0 heterocycles. The van der Waals surface area contributed by atoms with Crippen LogP contribution in [0.1, 0.15) is 142 Å². The van der Waals surface area contributed by atoms with Crippen LogP contribution in [0.2, 0.25) is 0 Å². The summed E-state index contributed by atoms with van der Waals surface area (Å²) in [5.41, 5.74) is 0. The Bertz CT molecular complexity index is 555. The van der Waals surface area contributed by atoms with Crippen molar-refractivity contribution in [3.63, 3.8) is 0 Å². The van der Waals surface area contributed by atoms with Gasteiger partial charge in [-0.25, -0.2) is 0 Å². The van der Waals surface area contributed by atoms with Crippen LogP contribution in [-0.2, 0) is 4.57 Å². The smallest absolute Gasteiger partial charge is 0.362 e. The Morgan fingerprint density at radius 2 is 0.971 bits per heavy atom. The summed E-state index contributed by atoms with van der Waals surface area (Å²) in [6.07, 6.45) is 30.3. The monoisotopic (exact) mass is 518 g/mol. The molecule has 0 saturated carbocycles. The van der Waals surface area contributed by atoms with E-state index in [9.17, 15) is 19.5 Å². The van der Waals surface area contributed by atoms with Gasteiger partial charge in [0.2, 0.25) is 5.34 Å². The molecule has 0 radical (unpaired) electrons. The first kappa shape index (κ1) is 34.8. The molecule has 0 bridgehead atoms. The van der Waals surface area contributed by atoms with E-state index in [1.165, 1.54) is 96.3 Å². The van der Waals surface area contributed by atoms with Gasteiger partial charge in [-0.15, -0.1) is 0 Å². The maximum absolute atomic E-state index is 11.8. The lowest BCUT2D eigenvalue weighted by Gasteiger charge is -2.35. The zero-order chi connectivity index (χ0) is 26.5. The average molecular weight is 519 g/mol. The van der Waals surface area contributed by atoms with Crippen LogP contribution in [0, 0.1) is 0 Å². The summed E-state index contributed by atoms with van der Waals surface area (Å²) in [6, 6.07) is 0. The molecule has 0 aliphatic heterocycles. The van der Waals surface area contributed by atoms with Crippen LogP contribution in [0.15, 0.2) is 12.2 Å². The van der Waals surface area contributed by atoms with Crippen LogP contribution in [-0.4, -0.2) is 52.4 Å². The SMILES string of the molecule is CCCCCCCCCCCCCCCC/C=C\CCCCCCC(O)(C[N+](C)(C)C)P(=O)(O)O. The molecule has 210 valence electrons. The van der Waals surface area contributed by atoms with Gasteiger partial charge in [0, 0.05) is 0 Å². The van der Waals surface area contributed by atoms with E-state index >= 15 is 0 Å². The number of unbranched alkanes of at least 4 members (excludes halogenated alkanes) is 18. The third-order valence-corrected chi connectivity index (χ3v) is 8.31. The minimum Gasteiger partial charge on any atom is -0.373 e. The van der Waals surface area contributed by atoms with Crippen molar-refractivity contribution in [1.29, 1.82) is 0 Å². The zero-order valence-corrected chi connectivity index (χ0v) is 24.7. The molecule has 0 saturated heterocycles. The lowest BCUT2D eigenvalue weighted by Crippen LogP contribution is -2.49. The lowest BCUT2D eigenvalue weighted by molar-refractivity contribution is -0.875. The van der Waals surface area contributed by atoms with Gasteiger partial charge in [-0.2, -0.15) is 0 Å². The molecule has 0 rings (SSSR count). The molecule has 35 heavy (non-hydrogen) atoms. The topological polar surface area (TPSA) is 77.8 Å². The van der Waals surface area contributed by atoms with Crippen LogP contribution in [0.25, 0.3) is 0 Å². The van der Waals surface area contributed by atoms with Gasteiger partial charge in [0.1, 0.15) is 6.54 Å². The molecular formula is C29H61NO4P+. The van der Waals surface area contributed by atoms with Gasteiger partial charge in [-0.1, -0.05) is 115 Å². The first-order valence-electron chi connectivity index (χ1n) is 14.8. The van der Waals surface area contributed by atoms with Crippen LogP contribution in [0.3, 0.4) is 0 Å². The number of likely N-dealkylation sites (N-methyl/N-ethyl adjacent to an activating group) is 1. The molecule has 0 spiro atoms. The quantitative estimate of drug-likeness (QED) is 0.0491. The van der Waals surface area contributed by atoms with Crippen molar-refractivity contribution in [2.75, 3.05) is 27.7 Å². The molecule has 0 aromatic carbocycles. The van der Waals surface area contributed by atoms with Gasteiger partial charge >= 0.3 is 7.60 Å². The van der Waals surface area contributed by atoms with Crippen LogP contribution < -0.4 is 0 Å². The molecule has 0 aliphatic rings. The molecule has 5 nitrogen and oxygen atoms in total. The van der Waals surface area contributed by atoms with E-state index in [1.54, 1.807) is 0 Å². The van der Waals surface area contributed by atoms with Crippen LogP contribution in [0.5, 0.6) is 0 Å². The second-order valence-corrected chi connectivity index (χ2v) is 13.7. The Balaban J connectivity index is 3.53. The Labute approximate surface area is 218 Å². The minimum absolute atomic E-state index is 0.0548. The van der Waals surface area contributed by atoms with Gasteiger partial charge in [-0.05, 0) is 38.5 Å². The molecule has 3 N–H and O–H groups in total. The highest BCUT2D eigenvalue weighted by Gasteiger charge is 2.48. The number of nitrogens with zero attached hydrogens (tertiary/aromatic N) is 1. The van der Waals surface area contributed by atoms with Crippen LogP contribution >= 0.6 is 7.60 Å². The molecule has 0 aromatic rings. The lowest BCUT2D eigenvalue weighted by atomic mass is 10.0. The van der Waals surface area contributed by atoms with Crippen molar-refractivity contribution < 1.29 is 23.9 Å². The summed E-state index contributed by atoms with van der Waals surface area (Å²) in [5, 5.41) is 8.64. The summed E-state index contributed by atoms with van der Waals surface area (Å²) in [4.78, 5) is 19.2. The maximum Gasteiger partial charge on any atom is 0.362 e. The number of hydrogen-bond donors (Lipinski definition) is 3. The molecule has 6 heteroatoms. The van der Waals surface area contributed by atoms with Crippen molar-refractivity contribution in [3.05, 3.63) is 12.2 Å². The average Bonchev–Trinajstić information content (AvgIpc) is 2.75. The summed E-state index contributed by atoms with van der Waals surface area (Å²) < 4.78 is 12.1. The van der Waals surface area contributed by atoms with Crippen LogP contribution in [0.4, 0.5) is 0 Å². The molecule has 0 aliphatic carbocycles. The van der Waals surface area contributed by atoms with E-state index in [2.05, 4.69) is 19.1 Å². The largest absolute Gasteiger partial charge is 0.373 e. The summed E-state index contributed by atoms with van der Waals surface area (Å²) in [5.74, 6) is 0. The third kappa shape index (κ3) is 21.6. The normalized spacial score (nSPS) is 14.6. The number of allylic oxidation sites excluding steroid dienone is 2. The van der Waals surface area contributed by atoms with E-state index in [0.29, 0.717) is 10.9 Å². The van der Waals surface area contributed by atoms with Crippen molar-refractivity contribution in [1.82, 2.24) is 0 Å². The predicted molar refractivity (Wildman–Crippen MR) is 152 cm³/mol. The van der Waals surface area contributed by atoms with Gasteiger partial charge in [0.15, 0.2) is 0 Å². The highest BCUT2D eigenvalue weighted by atomic mass is 31.2. The first-order chi connectivity index (χ1) is 16.5. The van der Waals surface area contributed by atoms with Crippen molar-refractivity contribution in [2.45, 2.75) is 147 Å². The molecular weight excluding hydrogens is 457 g/mol. The fourth-order valence-electron chi connectivity index (χ4n) is 4.79. The standard InChI is InChI=1S/C29H60NO4P/c1-5-6-7-8-9-10-11-12-13-14-15-16-17-18-19-20-21-22-23-24-25-26-27-29(31,35(32,33)34)28-30(2,3)4/h20-21,31H,5-19,22-28H2,1-4H3,(H-,32,33,34)/p+1/b21-20-. The van der Waals surface area contributed by atoms with Gasteiger partial charge in [-0.3, -0.25) is 4.57 Å². The fourth-order valence-corrected chi connectivity index (χ4v) is 5.85. The molecule has 0 amide bonds. The molecule has 1 atom stereocenters. The molecule has 1 unspecified atom stereocenters. The van der Waals surface area contributed by atoms with Gasteiger partial charge < -0.3 is 19.4 Å². The highest BCUT2D eigenvalue weighted by molar-refractivity contribution is 7.53. The Morgan fingerprint density at radius 3 is 1.31 bits per heavy atom. The Kier molecular flexibility index (Phi) is 20.7. The summed E-state index contributed by atoms with van der Waals surface area (Å²) >= 11 is 0. The Hall–Kier alpha value is -0.190. The summed E-state index contributed by atoms with van der Waals surface area (Å²) in [7, 11) is 0.965. The predicted octanol–water partition coefficient (Wildman–Crippen LogP) is 8.33. The van der Waals surface area contributed by atoms with Gasteiger partial charge in [0.05, 0.1) is 21.1 Å². The highest BCUT2D eigenvalue weighted by Crippen LogP contribution is 2.52. The van der Waals surface area contributed by atoms with E-state index in [4.69, 9.17) is 0 Å². The Morgan fingerprint density at radius 1 is 0.629 bits per heavy atom. The third-order valence-electron chi connectivity index (χ3n) is 6.86. The molecule has 0 aromatic heterocycles. The van der Waals surface area contributed by atoms with Crippen molar-refractivity contribution in [3.8, 4) is 0 Å². The zero-order valence-electron chi connectivity index (χ0n) is 23.9. The number of hydrogen-bond acceptors (Lipinski definition) is 2. The fraction of sp³-hybridized carbons (Fsp3) is 0.931. The van der Waals surface area contributed by atoms with E-state index in [0.717, 1.165) is 25.7 Å².